The van der Waals surface area contributed by atoms with Crippen molar-refractivity contribution in [3.05, 3.63) is 0 Å². The van der Waals surface area contributed by atoms with Gasteiger partial charge in [-0.1, -0.05) is 0 Å². The molecule has 1 amide bonds. The number of rotatable bonds is 4. The van der Waals surface area contributed by atoms with Gasteiger partial charge in [0.15, 0.2) is 0 Å². The van der Waals surface area contributed by atoms with E-state index in [0.717, 1.165) is 24.7 Å². The van der Waals surface area contributed by atoms with Gasteiger partial charge in [-0.25, -0.2) is 0 Å². The number of nitrogens with one attached hydrogen (secondary N) is 1. The van der Waals surface area contributed by atoms with Crippen molar-refractivity contribution in [2.45, 2.75) is 38.1 Å². The van der Waals surface area contributed by atoms with Crippen LogP contribution >= 0.6 is 0 Å². The third kappa shape index (κ3) is 2.03. The molecule has 0 aromatic heterocycles. The molecule has 3 saturated carbocycles. The zero-order valence-corrected chi connectivity index (χ0v) is 9.11. The molecule has 0 spiro atoms. The fraction of sp³-hybridized carbons (Fsp3) is 0.917. The first kappa shape index (κ1) is 9.64. The third-order valence-corrected chi connectivity index (χ3v) is 4.35. The minimum atomic E-state index is 0.199. The van der Waals surface area contributed by atoms with Crippen LogP contribution in [0.4, 0.5) is 0 Å². The van der Waals surface area contributed by atoms with Gasteiger partial charge < -0.3 is 11.1 Å². The lowest BCUT2D eigenvalue weighted by atomic mass is 10.0. The molecule has 3 aliphatic rings. The first-order valence-electron chi connectivity index (χ1n) is 6.27. The zero-order chi connectivity index (χ0) is 10.4. The topological polar surface area (TPSA) is 55.1 Å². The van der Waals surface area contributed by atoms with Gasteiger partial charge in [0.2, 0.25) is 5.91 Å². The lowest BCUT2D eigenvalue weighted by Crippen LogP contribution is -2.40. The van der Waals surface area contributed by atoms with Gasteiger partial charge in [-0.15, -0.1) is 0 Å². The first-order valence-corrected chi connectivity index (χ1v) is 6.27. The molecule has 0 aromatic carbocycles. The Balaban J connectivity index is 1.40. The van der Waals surface area contributed by atoms with Gasteiger partial charge in [-0.05, 0) is 49.9 Å². The number of carbonyl (C=O) groups excluding carboxylic acids is 1. The molecule has 3 rings (SSSR count). The first-order chi connectivity index (χ1) is 7.24. The zero-order valence-electron chi connectivity index (χ0n) is 9.11. The standard InChI is InChI=1S/C12H20N2O/c13-11(7-1-2-7)6-14-12(15)10-4-8-3-9(8)5-10/h7-11H,1-6,13H2,(H,14,15). The Hall–Kier alpha value is -0.570. The molecule has 0 radical (unpaired) electrons. The quantitative estimate of drug-likeness (QED) is 0.721. The second kappa shape index (κ2) is 3.48. The van der Waals surface area contributed by atoms with Gasteiger partial charge >= 0.3 is 0 Å². The van der Waals surface area contributed by atoms with E-state index < -0.39 is 0 Å². The van der Waals surface area contributed by atoms with E-state index in [4.69, 9.17) is 5.73 Å². The molecule has 3 atom stereocenters. The Morgan fingerprint density at radius 1 is 1.27 bits per heavy atom. The number of carbonyl (C=O) groups is 1. The highest BCUT2D eigenvalue weighted by molar-refractivity contribution is 5.79. The monoisotopic (exact) mass is 208 g/mol. The van der Waals surface area contributed by atoms with Crippen LogP contribution in [0.2, 0.25) is 0 Å². The van der Waals surface area contributed by atoms with Crippen molar-refractivity contribution >= 4 is 5.91 Å². The average Bonchev–Trinajstić information content (AvgIpc) is 3.14. The van der Waals surface area contributed by atoms with E-state index in [9.17, 15) is 4.79 Å². The summed E-state index contributed by atoms with van der Waals surface area (Å²) in [6.45, 7) is 0.690. The van der Waals surface area contributed by atoms with E-state index in [1.54, 1.807) is 0 Å². The van der Waals surface area contributed by atoms with Crippen LogP contribution in [-0.4, -0.2) is 18.5 Å². The van der Waals surface area contributed by atoms with E-state index in [0.29, 0.717) is 18.4 Å². The van der Waals surface area contributed by atoms with Gasteiger partial charge in [0.05, 0.1) is 0 Å². The van der Waals surface area contributed by atoms with Crippen molar-refractivity contribution in [2.75, 3.05) is 6.54 Å². The van der Waals surface area contributed by atoms with E-state index in [1.165, 1.54) is 19.3 Å². The summed E-state index contributed by atoms with van der Waals surface area (Å²) in [7, 11) is 0. The molecule has 0 saturated heterocycles. The summed E-state index contributed by atoms with van der Waals surface area (Å²) in [6, 6.07) is 0.199. The van der Waals surface area contributed by atoms with E-state index in [-0.39, 0.29) is 11.9 Å². The van der Waals surface area contributed by atoms with Crippen LogP contribution in [0.15, 0.2) is 0 Å². The second-order valence-corrected chi connectivity index (χ2v) is 5.67. The smallest absolute Gasteiger partial charge is 0.223 e. The predicted octanol–water partition coefficient (Wildman–Crippen LogP) is 0.886. The van der Waals surface area contributed by atoms with E-state index in [1.807, 2.05) is 0 Å². The van der Waals surface area contributed by atoms with Crippen molar-refractivity contribution in [2.24, 2.45) is 29.4 Å². The highest BCUT2D eigenvalue weighted by atomic mass is 16.1. The summed E-state index contributed by atoms with van der Waals surface area (Å²) in [5.41, 5.74) is 5.95. The van der Waals surface area contributed by atoms with Crippen LogP contribution in [-0.2, 0) is 4.79 Å². The number of amides is 1. The Labute approximate surface area is 90.8 Å². The van der Waals surface area contributed by atoms with Crippen LogP contribution in [0.5, 0.6) is 0 Å². The van der Waals surface area contributed by atoms with Crippen LogP contribution < -0.4 is 11.1 Å². The van der Waals surface area contributed by atoms with E-state index in [2.05, 4.69) is 5.32 Å². The predicted molar refractivity (Wildman–Crippen MR) is 58.0 cm³/mol. The molecule has 3 unspecified atom stereocenters. The molecule has 0 aromatic rings. The molecule has 3 N–H and O–H groups in total. The maximum Gasteiger partial charge on any atom is 0.223 e. The van der Waals surface area contributed by atoms with Crippen molar-refractivity contribution in [1.29, 1.82) is 0 Å². The van der Waals surface area contributed by atoms with E-state index >= 15 is 0 Å². The summed E-state index contributed by atoms with van der Waals surface area (Å²) in [6.07, 6.45) is 6.16. The summed E-state index contributed by atoms with van der Waals surface area (Å²) >= 11 is 0. The SMILES string of the molecule is NC(CNC(=O)C1CC2CC2C1)C1CC1. The van der Waals surface area contributed by atoms with Gasteiger partial charge in [0.25, 0.3) is 0 Å². The molecule has 84 valence electrons. The van der Waals surface area contributed by atoms with Gasteiger partial charge in [-0.3, -0.25) is 4.79 Å². The van der Waals surface area contributed by atoms with Crippen LogP contribution in [0.3, 0.4) is 0 Å². The number of hydrogen-bond acceptors (Lipinski definition) is 2. The highest BCUT2D eigenvalue weighted by Crippen LogP contribution is 2.54. The van der Waals surface area contributed by atoms with Crippen molar-refractivity contribution in [1.82, 2.24) is 5.32 Å². The summed E-state index contributed by atoms with van der Waals surface area (Å²) in [5, 5.41) is 3.02. The molecule has 3 heteroatoms. The number of nitrogens with two attached hydrogens (primary N) is 1. The fourth-order valence-corrected chi connectivity index (χ4v) is 2.98. The van der Waals surface area contributed by atoms with Crippen molar-refractivity contribution in [3.8, 4) is 0 Å². The van der Waals surface area contributed by atoms with Crippen LogP contribution in [0, 0.1) is 23.7 Å². The van der Waals surface area contributed by atoms with Crippen molar-refractivity contribution < 1.29 is 4.79 Å². The molecular weight excluding hydrogens is 188 g/mol. The minimum absolute atomic E-state index is 0.199. The van der Waals surface area contributed by atoms with Crippen LogP contribution in [0.1, 0.15) is 32.1 Å². The third-order valence-electron chi connectivity index (χ3n) is 4.35. The molecule has 0 heterocycles. The largest absolute Gasteiger partial charge is 0.354 e. The summed E-state index contributed by atoms with van der Waals surface area (Å²) < 4.78 is 0. The highest BCUT2D eigenvalue weighted by Gasteiger charge is 2.48. The molecule has 15 heavy (non-hydrogen) atoms. The lowest BCUT2D eigenvalue weighted by molar-refractivity contribution is -0.125. The molecule has 0 bridgehead atoms. The minimum Gasteiger partial charge on any atom is -0.354 e. The Morgan fingerprint density at radius 3 is 2.53 bits per heavy atom. The average molecular weight is 208 g/mol. The summed E-state index contributed by atoms with van der Waals surface area (Å²) in [4.78, 5) is 11.8. The number of fused-ring (bicyclic) bond motifs is 1. The normalized spacial score (nSPS) is 39.7. The van der Waals surface area contributed by atoms with Crippen LogP contribution in [0.25, 0.3) is 0 Å². The molecule has 3 aliphatic carbocycles. The molecular formula is C12H20N2O. The lowest BCUT2D eigenvalue weighted by Gasteiger charge is -2.15. The molecule has 0 aliphatic heterocycles. The van der Waals surface area contributed by atoms with Gasteiger partial charge in [-0.2, -0.15) is 0 Å². The Morgan fingerprint density at radius 2 is 1.93 bits per heavy atom. The van der Waals surface area contributed by atoms with Gasteiger partial charge in [0.1, 0.15) is 0 Å². The van der Waals surface area contributed by atoms with Gasteiger partial charge in [0, 0.05) is 18.5 Å². The molecule has 3 fully saturated rings. The maximum absolute atomic E-state index is 11.8. The molecule has 3 nitrogen and oxygen atoms in total. The Bertz CT molecular complexity index is 265. The number of hydrogen-bond donors (Lipinski definition) is 2. The maximum atomic E-state index is 11.8. The Kier molecular flexibility index (Phi) is 2.23. The van der Waals surface area contributed by atoms with Crippen molar-refractivity contribution in [3.63, 3.8) is 0 Å². The summed E-state index contributed by atoms with van der Waals surface area (Å²) in [5.74, 6) is 3.02. The second-order valence-electron chi connectivity index (χ2n) is 5.67. The fourth-order valence-electron chi connectivity index (χ4n) is 2.98.